The van der Waals surface area contributed by atoms with E-state index in [4.69, 9.17) is 20.1 Å². The summed E-state index contributed by atoms with van der Waals surface area (Å²) in [6.07, 6.45) is 1.30. The summed E-state index contributed by atoms with van der Waals surface area (Å²) in [5.74, 6) is 0.436. The molecule has 0 aliphatic heterocycles. The summed E-state index contributed by atoms with van der Waals surface area (Å²) in [7, 11) is 0. The molecule has 0 spiro atoms. The fourth-order valence-electron chi connectivity index (χ4n) is 7.64. The number of amidine groups is 1. The summed E-state index contributed by atoms with van der Waals surface area (Å²) in [5.41, 5.74) is 15.8. The third kappa shape index (κ3) is 5.54. The van der Waals surface area contributed by atoms with E-state index in [0.717, 1.165) is 55.1 Å². The molecule has 2 aromatic heterocycles. The highest BCUT2D eigenvalue weighted by molar-refractivity contribution is 7.26. The van der Waals surface area contributed by atoms with Gasteiger partial charge in [-0.15, -0.1) is 11.3 Å². The van der Waals surface area contributed by atoms with Crippen molar-refractivity contribution < 1.29 is 4.42 Å². The lowest BCUT2D eigenvalue weighted by Crippen LogP contribution is -2.15. The van der Waals surface area contributed by atoms with E-state index in [2.05, 4.69) is 140 Å². The first-order valence-electron chi connectivity index (χ1n) is 18.0. The van der Waals surface area contributed by atoms with Crippen LogP contribution in [0.5, 0.6) is 0 Å². The highest BCUT2D eigenvalue weighted by Crippen LogP contribution is 2.45. The molecule has 8 aromatic carbocycles. The predicted octanol–water partition coefficient (Wildman–Crippen LogP) is 13.0. The Morgan fingerprint density at radius 2 is 1.24 bits per heavy atom. The molecule has 0 saturated carbocycles. The van der Waals surface area contributed by atoms with Gasteiger partial charge in [0.15, 0.2) is 6.17 Å². The number of furan rings is 1. The van der Waals surface area contributed by atoms with Gasteiger partial charge < -0.3 is 10.2 Å². The van der Waals surface area contributed by atoms with Crippen LogP contribution in [0.3, 0.4) is 0 Å². The molecule has 0 radical (unpaired) electrons. The van der Waals surface area contributed by atoms with E-state index < -0.39 is 6.17 Å². The maximum Gasteiger partial charge on any atom is 0.168 e. The Morgan fingerprint density at radius 1 is 0.574 bits per heavy atom. The number of nitrogens with two attached hydrogens (primary N) is 1. The minimum atomic E-state index is -0.602. The van der Waals surface area contributed by atoms with Gasteiger partial charge in [-0.1, -0.05) is 152 Å². The van der Waals surface area contributed by atoms with Crippen LogP contribution >= 0.6 is 11.3 Å². The Kier molecular flexibility index (Phi) is 7.85. The zero-order chi connectivity index (χ0) is 36.0. The van der Waals surface area contributed by atoms with E-state index in [1.54, 1.807) is 0 Å². The number of aliphatic imine (C=N–C) groups is 2. The van der Waals surface area contributed by atoms with Crippen LogP contribution in [0.2, 0.25) is 0 Å². The van der Waals surface area contributed by atoms with Gasteiger partial charge in [0.2, 0.25) is 0 Å². The molecule has 54 heavy (non-hydrogen) atoms. The van der Waals surface area contributed by atoms with Crippen molar-refractivity contribution in [3.05, 3.63) is 193 Å². The summed E-state index contributed by atoms with van der Waals surface area (Å²) < 4.78 is 9.00. The third-order valence-electron chi connectivity index (χ3n) is 10.2. The molecule has 0 aliphatic rings. The Labute approximate surface area is 316 Å². The quantitative estimate of drug-likeness (QED) is 0.132. The number of hydrogen-bond donors (Lipinski definition) is 1. The van der Waals surface area contributed by atoms with E-state index in [9.17, 15) is 0 Å². The molecule has 10 rings (SSSR count). The molecule has 5 heteroatoms. The molecule has 0 bridgehead atoms. The number of para-hydroxylation sites is 1. The Morgan fingerprint density at radius 3 is 2.02 bits per heavy atom. The van der Waals surface area contributed by atoms with E-state index in [0.29, 0.717) is 5.84 Å². The molecule has 1 unspecified atom stereocenters. The monoisotopic (exact) mass is 711 g/mol. The second-order valence-electron chi connectivity index (χ2n) is 13.5. The van der Waals surface area contributed by atoms with Crippen LogP contribution in [0, 0.1) is 0 Å². The van der Waals surface area contributed by atoms with Gasteiger partial charge in [-0.05, 0) is 51.9 Å². The SMILES string of the molecule is NC(=NC(N=Cc1ccc2c(c1)oc1c(-c3ccccc3)cccc12)c1cccc2sc3c4ccccc4c(-c4ccccc4)cc3c12)c1ccccc1. The van der Waals surface area contributed by atoms with Crippen LogP contribution in [0.4, 0.5) is 0 Å². The average molecular weight is 712 g/mol. The van der Waals surface area contributed by atoms with Crippen LogP contribution in [-0.2, 0) is 0 Å². The largest absolute Gasteiger partial charge is 0.455 e. The lowest BCUT2D eigenvalue weighted by molar-refractivity contribution is 0.670. The van der Waals surface area contributed by atoms with Gasteiger partial charge in [-0.25, -0.2) is 4.99 Å². The number of fused-ring (bicyclic) bond motifs is 8. The van der Waals surface area contributed by atoms with Crippen molar-refractivity contribution in [1.82, 2.24) is 0 Å². The number of hydrogen-bond acceptors (Lipinski definition) is 4. The lowest BCUT2D eigenvalue weighted by atomic mass is 9.94. The molecule has 4 nitrogen and oxygen atoms in total. The van der Waals surface area contributed by atoms with E-state index >= 15 is 0 Å². The number of rotatable bonds is 7. The van der Waals surface area contributed by atoms with E-state index in [-0.39, 0.29) is 0 Å². The van der Waals surface area contributed by atoms with Crippen LogP contribution in [0.15, 0.2) is 190 Å². The van der Waals surface area contributed by atoms with Crippen molar-refractivity contribution in [2.75, 3.05) is 0 Å². The van der Waals surface area contributed by atoms with E-state index in [1.807, 2.05) is 53.9 Å². The molecule has 256 valence electrons. The van der Waals surface area contributed by atoms with Gasteiger partial charge in [0.05, 0.1) is 0 Å². The van der Waals surface area contributed by atoms with Gasteiger partial charge in [-0.2, -0.15) is 0 Å². The normalized spacial score (nSPS) is 12.9. The molecule has 0 saturated heterocycles. The van der Waals surface area contributed by atoms with Gasteiger partial charge in [-0.3, -0.25) is 4.99 Å². The predicted molar refractivity (Wildman–Crippen MR) is 229 cm³/mol. The standard InChI is InChI=1S/C49H33N3OS/c50-48(34-18-8-3-9-19-34)52-49(51-30-31-26-27-37-38-23-12-22-35(32-14-4-1-5-15-32)46(38)53-43(37)28-31)40-24-13-25-44-45(40)42-29-41(33-16-6-2-7-17-33)36-20-10-11-21-39(36)47(42)54-44/h1-30,49H,(H2,50,52). The van der Waals surface area contributed by atoms with Gasteiger partial charge >= 0.3 is 0 Å². The van der Waals surface area contributed by atoms with Gasteiger partial charge in [0.1, 0.15) is 17.0 Å². The number of thiophene rings is 1. The first-order chi connectivity index (χ1) is 26.7. The lowest BCUT2D eigenvalue weighted by Gasteiger charge is -2.13. The molecule has 10 aromatic rings. The first-order valence-corrected chi connectivity index (χ1v) is 18.9. The van der Waals surface area contributed by atoms with Gasteiger partial charge in [0, 0.05) is 59.2 Å². The van der Waals surface area contributed by atoms with E-state index in [1.165, 1.54) is 36.7 Å². The number of benzene rings is 8. The zero-order valence-corrected chi connectivity index (χ0v) is 30.0. The maximum atomic E-state index is 6.75. The molecular weight excluding hydrogens is 679 g/mol. The minimum Gasteiger partial charge on any atom is -0.455 e. The van der Waals surface area contributed by atoms with Crippen LogP contribution < -0.4 is 5.73 Å². The highest BCUT2D eigenvalue weighted by atomic mass is 32.1. The highest BCUT2D eigenvalue weighted by Gasteiger charge is 2.20. The molecule has 2 N–H and O–H groups in total. The Hall–Kier alpha value is -6.82. The van der Waals surface area contributed by atoms with Crippen LogP contribution in [0.1, 0.15) is 22.9 Å². The summed E-state index contributed by atoms with van der Waals surface area (Å²) >= 11 is 1.82. The molecule has 0 fully saturated rings. The molecular formula is C49H33N3OS. The second-order valence-corrected chi connectivity index (χ2v) is 14.5. The van der Waals surface area contributed by atoms with Crippen molar-refractivity contribution in [2.45, 2.75) is 6.17 Å². The average Bonchev–Trinajstić information content (AvgIpc) is 3.81. The molecule has 2 heterocycles. The smallest absolute Gasteiger partial charge is 0.168 e. The Balaban J connectivity index is 1.14. The fourth-order valence-corrected chi connectivity index (χ4v) is 8.90. The maximum absolute atomic E-state index is 6.75. The zero-order valence-electron chi connectivity index (χ0n) is 29.2. The molecule has 1 atom stereocenters. The fraction of sp³-hybridized carbons (Fsp3) is 0.0204. The topological polar surface area (TPSA) is 63.9 Å². The molecule has 0 amide bonds. The van der Waals surface area contributed by atoms with Crippen molar-refractivity contribution in [3.63, 3.8) is 0 Å². The minimum absolute atomic E-state index is 0.436. The number of nitrogens with zero attached hydrogens (tertiary/aromatic N) is 2. The summed E-state index contributed by atoms with van der Waals surface area (Å²) in [6, 6.07) is 61.0. The second kappa shape index (κ2) is 13.3. The van der Waals surface area contributed by atoms with Crippen LogP contribution in [-0.4, -0.2) is 12.1 Å². The summed E-state index contributed by atoms with van der Waals surface area (Å²) in [4.78, 5) is 10.3. The van der Waals surface area contributed by atoms with Gasteiger partial charge in [0.25, 0.3) is 0 Å². The van der Waals surface area contributed by atoms with Crippen LogP contribution in [0.25, 0.3) is 75.1 Å². The first kappa shape index (κ1) is 31.9. The van der Waals surface area contributed by atoms with Crippen molar-refractivity contribution >= 4 is 76.3 Å². The summed E-state index contributed by atoms with van der Waals surface area (Å²) in [5, 5.41) is 6.97. The Bertz CT molecular complexity index is 3050. The van der Waals surface area contributed by atoms with Crippen molar-refractivity contribution in [3.8, 4) is 22.3 Å². The molecule has 0 aliphatic carbocycles. The van der Waals surface area contributed by atoms with Crippen molar-refractivity contribution in [2.24, 2.45) is 15.7 Å². The van der Waals surface area contributed by atoms with Crippen molar-refractivity contribution in [1.29, 1.82) is 0 Å². The third-order valence-corrected chi connectivity index (χ3v) is 11.4. The summed E-state index contributed by atoms with van der Waals surface area (Å²) in [6.45, 7) is 0.